The number of nitrogens with zero attached hydrogens (tertiary/aromatic N) is 1. The topological polar surface area (TPSA) is 42.0 Å². The highest BCUT2D eigenvalue weighted by Crippen LogP contribution is 2.35. The maximum atomic E-state index is 13.2. The Bertz CT molecular complexity index is 1060. The maximum absolute atomic E-state index is 13.2. The van der Waals surface area contributed by atoms with E-state index in [4.69, 9.17) is 11.6 Å². The SMILES string of the molecule is O=C(Nc1ncc(Cc2cc(Cl)ccc2C(F)(F)F)s1)c1csc2c1CCCC2. The Morgan fingerprint density at radius 3 is 2.83 bits per heavy atom. The summed E-state index contributed by atoms with van der Waals surface area (Å²) in [5.41, 5.74) is 1.16. The second-order valence-corrected chi connectivity index (χ2v) is 9.34. The zero-order chi connectivity index (χ0) is 20.6. The average Bonchev–Trinajstić information content (AvgIpc) is 3.27. The fourth-order valence-electron chi connectivity index (χ4n) is 3.47. The summed E-state index contributed by atoms with van der Waals surface area (Å²) in [4.78, 5) is 18.7. The van der Waals surface area contributed by atoms with Crippen LogP contribution in [0.4, 0.5) is 18.3 Å². The number of nitrogens with one attached hydrogen (secondary N) is 1. The standard InChI is InChI=1S/C20H16ClF3N2OS2/c21-12-5-6-16(20(22,23)24)11(7-12)8-13-9-25-19(29-13)26-18(27)15-10-28-17-4-2-1-3-14(15)17/h5-7,9-10H,1-4,8H2,(H,25,26,27). The fourth-order valence-corrected chi connectivity index (χ4v) is 5.62. The van der Waals surface area contributed by atoms with E-state index in [9.17, 15) is 18.0 Å². The van der Waals surface area contributed by atoms with Crippen molar-refractivity contribution in [3.63, 3.8) is 0 Å². The molecule has 0 saturated carbocycles. The second kappa shape index (κ2) is 8.08. The van der Waals surface area contributed by atoms with Gasteiger partial charge in [-0.1, -0.05) is 11.6 Å². The summed E-state index contributed by atoms with van der Waals surface area (Å²) in [6.45, 7) is 0. The first-order valence-electron chi connectivity index (χ1n) is 9.02. The molecule has 0 bridgehead atoms. The van der Waals surface area contributed by atoms with Gasteiger partial charge in [-0.25, -0.2) is 4.98 Å². The molecule has 1 aliphatic rings. The molecule has 0 fully saturated rings. The van der Waals surface area contributed by atoms with Crippen molar-refractivity contribution in [2.45, 2.75) is 38.3 Å². The zero-order valence-corrected chi connectivity index (χ0v) is 17.5. The molecule has 3 aromatic rings. The molecule has 0 atom stereocenters. The lowest BCUT2D eigenvalue weighted by Crippen LogP contribution is -2.14. The van der Waals surface area contributed by atoms with E-state index in [1.165, 1.54) is 34.5 Å². The summed E-state index contributed by atoms with van der Waals surface area (Å²) in [7, 11) is 0. The van der Waals surface area contributed by atoms with E-state index in [2.05, 4.69) is 10.3 Å². The summed E-state index contributed by atoms with van der Waals surface area (Å²) in [5.74, 6) is -0.218. The first kappa shape index (κ1) is 20.4. The second-order valence-electron chi connectivity index (χ2n) is 6.82. The molecule has 152 valence electrons. The Hall–Kier alpha value is -1.90. The van der Waals surface area contributed by atoms with Crippen molar-refractivity contribution in [2.75, 3.05) is 5.32 Å². The molecule has 29 heavy (non-hydrogen) atoms. The van der Waals surface area contributed by atoms with Gasteiger partial charge in [-0.15, -0.1) is 22.7 Å². The van der Waals surface area contributed by atoms with Gasteiger partial charge in [-0.2, -0.15) is 13.2 Å². The van der Waals surface area contributed by atoms with Crippen LogP contribution >= 0.6 is 34.3 Å². The quantitative estimate of drug-likeness (QED) is 0.480. The van der Waals surface area contributed by atoms with Crippen molar-refractivity contribution in [2.24, 2.45) is 0 Å². The molecule has 0 spiro atoms. The molecule has 0 aliphatic heterocycles. The van der Waals surface area contributed by atoms with Gasteiger partial charge in [0.2, 0.25) is 0 Å². The van der Waals surface area contributed by atoms with Crippen LogP contribution in [-0.2, 0) is 25.4 Å². The summed E-state index contributed by atoms with van der Waals surface area (Å²) in [6, 6.07) is 3.54. The Labute approximate surface area is 178 Å². The smallest absolute Gasteiger partial charge is 0.298 e. The van der Waals surface area contributed by atoms with Crippen LogP contribution in [0.1, 0.15) is 49.6 Å². The number of anilines is 1. The molecule has 1 aromatic carbocycles. The number of hydrogen-bond donors (Lipinski definition) is 1. The van der Waals surface area contributed by atoms with Crippen LogP contribution in [0.25, 0.3) is 0 Å². The van der Waals surface area contributed by atoms with Crippen LogP contribution in [0.2, 0.25) is 5.02 Å². The third-order valence-electron chi connectivity index (χ3n) is 4.82. The molecule has 0 radical (unpaired) electrons. The zero-order valence-electron chi connectivity index (χ0n) is 15.1. The van der Waals surface area contributed by atoms with E-state index < -0.39 is 11.7 Å². The van der Waals surface area contributed by atoms with Crippen LogP contribution in [0.3, 0.4) is 0 Å². The number of aromatic nitrogens is 1. The molecule has 1 amide bonds. The van der Waals surface area contributed by atoms with Crippen molar-refractivity contribution >= 4 is 45.3 Å². The predicted octanol–water partition coefficient (Wildman–Crippen LogP) is 6.60. The number of thiophene rings is 1. The Morgan fingerprint density at radius 1 is 1.24 bits per heavy atom. The number of fused-ring (bicyclic) bond motifs is 1. The van der Waals surface area contributed by atoms with Gasteiger partial charge in [0.05, 0.1) is 11.1 Å². The molecular formula is C20H16ClF3N2OS2. The Kier molecular flexibility index (Phi) is 5.68. The minimum atomic E-state index is -4.46. The van der Waals surface area contributed by atoms with Gasteiger partial charge in [0, 0.05) is 32.8 Å². The molecule has 0 unspecified atom stereocenters. The highest BCUT2D eigenvalue weighted by atomic mass is 35.5. The maximum Gasteiger partial charge on any atom is 0.416 e. The summed E-state index contributed by atoms with van der Waals surface area (Å²) >= 11 is 8.66. The normalized spacial score (nSPS) is 13.9. The van der Waals surface area contributed by atoms with E-state index in [1.807, 2.05) is 5.38 Å². The van der Waals surface area contributed by atoms with E-state index >= 15 is 0 Å². The molecule has 2 aromatic heterocycles. The lowest BCUT2D eigenvalue weighted by molar-refractivity contribution is -0.138. The number of thiazole rings is 1. The number of amides is 1. The van der Waals surface area contributed by atoms with E-state index in [1.54, 1.807) is 11.3 Å². The van der Waals surface area contributed by atoms with Crippen molar-refractivity contribution < 1.29 is 18.0 Å². The first-order valence-corrected chi connectivity index (χ1v) is 11.1. The van der Waals surface area contributed by atoms with Crippen molar-refractivity contribution in [1.82, 2.24) is 4.98 Å². The minimum absolute atomic E-state index is 0.0385. The number of rotatable bonds is 4. The third-order valence-corrected chi connectivity index (χ3v) is 7.05. The highest BCUT2D eigenvalue weighted by Gasteiger charge is 2.33. The van der Waals surface area contributed by atoms with Crippen molar-refractivity contribution in [1.29, 1.82) is 0 Å². The molecule has 4 rings (SSSR count). The van der Waals surface area contributed by atoms with Crippen LogP contribution < -0.4 is 5.32 Å². The monoisotopic (exact) mass is 456 g/mol. The van der Waals surface area contributed by atoms with Gasteiger partial charge in [0.25, 0.3) is 5.91 Å². The molecule has 3 nitrogen and oxygen atoms in total. The van der Waals surface area contributed by atoms with Crippen molar-refractivity contribution in [3.05, 3.63) is 66.8 Å². The molecule has 1 N–H and O–H groups in total. The fraction of sp³-hybridized carbons (Fsp3) is 0.300. The lowest BCUT2D eigenvalue weighted by atomic mass is 9.96. The molecule has 9 heteroatoms. The minimum Gasteiger partial charge on any atom is -0.298 e. The summed E-state index contributed by atoms with van der Waals surface area (Å²) < 4.78 is 39.7. The van der Waals surface area contributed by atoms with Crippen LogP contribution in [0, 0.1) is 0 Å². The van der Waals surface area contributed by atoms with Gasteiger partial charge >= 0.3 is 6.18 Å². The van der Waals surface area contributed by atoms with E-state index in [0.29, 0.717) is 15.6 Å². The number of aryl methyl sites for hydroxylation is 1. The largest absolute Gasteiger partial charge is 0.416 e. The summed E-state index contributed by atoms with van der Waals surface area (Å²) in [6.07, 6.45) is 1.21. The average molecular weight is 457 g/mol. The van der Waals surface area contributed by atoms with Gasteiger partial charge in [0.1, 0.15) is 0 Å². The number of hydrogen-bond acceptors (Lipinski definition) is 4. The van der Waals surface area contributed by atoms with Gasteiger partial charge in [-0.3, -0.25) is 10.1 Å². The molecule has 2 heterocycles. The highest BCUT2D eigenvalue weighted by molar-refractivity contribution is 7.15. The molecular weight excluding hydrogens is 441 g/mol. The lowest BCUT2D eigenvalue weighted by Gasteiger charge is -2.12. The van der Waals surface area contributed by atoms with Gasteiger partial charge in [-0.05, 0) is 55.0 Å². The van der Waals surface area contributed by atoms with E-state index in [0.717, 1.165) is 37.3 Å². The Morgan fingerprint density at radius 2 is 2.03 bits per heavy atom. The predicted molar refractivity (Wildman–Crippen MR) is 110 cm³/mol. The number of halogens is 4. The van der Waals surface area contributed by atoms with Crippen LogP contribution in [0.15, 0.2) is 29.8 Å². The molecule has 0 saturated heterocycles. The molecule has 1 aliphatic carbocycles. The van der Waals surface area contributed by atoms with E-state index in [-0.39, 0.29) is 22.9 Å². The summed E-state index contributed by atoms with van der Waals surface area (Å²) in [5, 5.41) is 5.28. The third kappa shape index (κ3) is 4.49. The number of benzene rings is 1. The number of carbonyl (C=O) groups excluding carboxylic acids is 1. The number of carbonyl (C=O) groups is 1. The van der Waals surface area contributed by atoms with Crippen LogP contribution in [0.5, 0.6) is 0 Å². The Balaban J connectivity index is 1.50. The van der Waals surface area contributed by atoms with Gasteiger partial charge in [0.15, 0.2) is 5.13 Å². The number of alkyl halides is 3. The first-order chi connectivity index (χ1) is 13.8. The van der Waals surface area contributed by atoms with Gasteiger partial charge < -0.3 is 0 Å². The van der Waals surface area contributed by atoms with Crippen molar-refractivity contribution in [3.8, 4) is 0 Å². The van der Waals surface area contributed by atoms with Crippen LogP contribution in [-0.4, -0.2) is 10.9 Å².